The number of nitrogens with zero attached hydrogens (tertiary/aromatic N) is 2. The smallest absolute Gasteiger partial charge is 0.214 e. The summed E-state index contributed by atoms with van der Waals surface area (Å²) in [4.78, 5) is 2.10. The van der Waals surface area contributed by atoms with Crippen molar-refractivity contribution >= 4 is 10.0 Å². The lowest BCUT2D eigenvalue weighted by molar-refractivity contribution is 0.190. The van der Waals surface area contributed by atoms with Crippen LogP contribution in [-0.4, -0.2) is 63.1 Å². The molecule has 16 heavy (non-hydrogen) atoms. The molecule has 0 spiro atoms. The van der Waals surface area contributed by atoms with Gasteiger partial charge >= 0.3 is 0 Å². The van der Waals surface area contributed by atoms with Crippen molar-refractivity contribution < 1.29 is 8.42 Å². The lowest BCUT2D eigenvalue weighted by atomic mass is 10.1. The van der Waals surface area contributed by atoms with Crippen molar-refractivity contribution in [3.8, 4) is 0 Å². The van der Waals surface area contributed by atoms with E-state index in [0.29, 0.717) is 32.1 Å². The van der Waals surface area contributed by atoms with Crippen LogP contribution in [0.15, 0.2) is 0 Å². The maximum Gasteiger partial charge on any atom is 0.214 e. The molecule has 0 aromatic rings. The van der Waals surface area contributed by atoms with Crippen LogP contribution < -0.4 is 5.73 Å². The molecule has 1 atom stereocenters. The summed E-state index contributed by atoms with van der Waals surface area (Å²) in [6.07, 6.45) is 2.58. The van der Waals surface area contributed by atoms with Crippen molar-refractivity contribution in [1.82, 2.24) is 9.21 Å². The number of hydrogen-bond donors (Lipinski definition) is 1. The summed E-state index contributed by atoms with van der Waals surface area (Å²) in [5.74, 6) is 0.184. The van der Waals surface area contributed by atoms with Crippen LogP contribution in [0.1, 0.15) is 19.3 Å². The summed E-state index contributed by atoms with van der Waals surface area (Å²) >= 11 is 0. The zero-order chi connectivity index (χ0) is 12.2. The Hall–Kier alpha value is -0.170. The van der Waals surface area contributed by atoms with Crippen molar-refractivity contribution in [2.45, 2.75) is 25.3 Å². The van der Waals surface area contributed by atoms with Gasteiger partial charge in [0.1, 0.15) is 0 Å². The lowest BCUT2D eigenvalue weighted by Gasteiger charge is -2.35. The molecule has 6 heteroatoms. The highest BCUT2D eigenvalue weighted by Gasteiger charge is 2.29. The Bertz CT molecular complexity index is 303. The first-order valence-corrected chi connectivity index (χ1v) is 7.42. The Labute approximate surface area is 98.6 Å². The molecule has 1 rings (SSSR count). The van der Waals surface area contributed by atoms with Crippen molar-refractivity contribution in [2.24, 2.45) is 5.73 Å². The van der Waals surface area contributed by atoms with E-state index in [9.17, 15) is 8.42 Å². The van der Waals surface area contributed by atoms with Gasteiger partial charge < -0.3 is 10.6 Å². The summed E-state index contributed by atoms with van der Waals surface area (Å²) in [6, 6.07) is 0.349. The Morgan fingerprint density at radius 2 is 2.12 bits per heavy atom. The Morgan fingerprint density at radius 3 is 2.69 bits per heavy atom. The van der Waals surface area contributed by atoms with Gasteiger partial charge in [0.2, 0.25) is 10.0 Å². The monoisotopic (exact) mass is 249 g/mol. The molecule has 5 nitrogen and oxygen atoms in total. The lowest BCUT2D eigenvalue weighted by Crippen LogP contribution is -2.48. The molecule has 0 aromatic heterocycles. The average molecular weight is 249 g/mol. The standard InChI is InChI=1S/C10H23N3O2S/c1-12(2)10-5-3-7-13(9-10)16(14,15)8-4-6-11/h10H,3-9,11H2,1-2H3. The van der Waals surface area contributed by atoms with E-state index in [1.807, 2.05) is 14.1 Å². The summed E-state index contributed by atoms with van der Waals surface area (Å²) in [5.41, 5.74) is 5.35. The number of likely N-dealkylation sites (N-methyl/N-ethyl adjacent to an activating group) is 1. The fraction of sp³-hybridized carbons (Fsp3) is 1.00. The van der Waals surface area contributed by atoms with Gasteiger partial charge in [-0.05, 0) is 39.9 Å². The zero-order valence-electron chi connectivity index (χ0n) is 10.2. The minimum absolute atomic E-state index is 0.184. The first-order chi connectivity index (χ1) is 7.47. The van der Waals surface area contributed by atoms with Crippen molar-refractivity contribution in [3.05, 3.63) is 0 Å². The fourth-order valence-corrected chi connectivity index (χ4v) is 3.59. The fourth-order valence-electron chi connectivity index (χ4n) is 1.99. The number of hydrogen-bond acceptors (Lipinski definition) is 4. The molecular formula is C10H23N3O2S. The van der Waals surface area contributed by atoms with E-state index in [-0.39, 0.29) is 5.75 Å². The molecule has 0 bridgehead atoms. The van der Waals surface area contributed by atoms with Crippen molar-refractivity contribution in [2.75, 3.05) is 39.5 Å². The highest BCUT2D eigenvalue weighted by atomic mass is 32.2. The van der Waals surface area contributed by atoms with E-state index in [2.05, 4.69) is 4.90 Å². The van der Waals surface area contributed by atoms with Crippen molar-refractivity contribution in [1.29, 1.82) is 0 Å². The minimum Gasteiger partial charge on any atom is -0.330 e. The van der Waals surface area contributed by atoms with Crippen LogP contribution in [0.2, 0.25) is 0 Å². The molecule has 0 aromatic carbocycles. The van der Waals surface area contributed by atoms with Crippen molar-refractivity contribution in [3.63, 3.8) is 0 Å². The van der Waals surface area contributed by atoms with Gasteiger partial charge in [-0.25, -0.2) is 12.7 Å². The molecule has 1 fully saturated rings. The minimum atomic E-state index is -3.09. The van der Waals surface area contributed by atoms with E-state index < -0.39 is 10.0 Å². The molecule has 1 saturated heterocycles. The maximum atomic E-state index is 12.0. The second-order valence-corrected chi connectivity index (χ2v) is 6.66. The highest BCUT2D eigenvalue weighted by molar-refractivity contribution is 7.89. The van der Waals surface area contributed by atoms with E-state index in [1.54, 1.807) is 4.31 Å². The van der Waals surface area contributed by atoms with Crippen LogP contribution in [0, 0.1) is 0 Å². The summed E-state index contributed by atoms with van der Waals surface area (Å²) in [5, 5.41) is 0. The molecule has 0 aliphatic carbocycles. The van der Waals surface area contributed by atoms with Crippen LogP contribution in [0.3, 0.4) is 0 Å². The van der Waals surface area contributed by atoms with Crippen LogP contribution in [0.4, 0.5) is 0 Å². The van der Waals surface area contributed by atoms with E-state index >= 15 is 0 Å². The third kappa shape index (κ3) is 3.69. The maximum absolute atomic E-state index is 12.0. The summed E-state index contributed by atoms with van der Waals surface area (Å²) < 4.78 is 25.6. The van der Waals surface area contributed by atoms with Gasteiger partial charge in [0, 0.05) is 19.1 Å². The van der Waals surface area contributed by atoms with Crippen LogP contribution in [-0.2, 0) is 10.0 Å². The second kappa shape index (κ2) is 5.95. The Balaban J connectivity index is 2.59. The molecule has 2 N–H and O–H groups in total. The topological polar surface area (TPSA) is 66.6 Å². The molecule has 0 amide bonds. The normalized spacial score (nSPS) is 23.9. The zero-order valence-corrected chi connectivity index (χ0v) is 11.0. The average Bonchev–Trinajstić information content (AvgIpc) is 2.26. The van der Waals surface area contributed by atoms with E-state index in [4.69, 9.17) is 5.73 Å². The SMILES string of the molecule is CN(C)C1CCCN(S(=O)(=O)CCCN)C1. The first-order valence-electron chi connectivity index (χ1n) is 5.81. The number of sulfonamides is 1. The molecule has 96 valence electrons. The second-order valence-electron chi connectivity index (χ2n) is 4.58. The van der Waals surface area contributed by atoms with Crippen LogP contribution in [0.5, 0.6) is 0 Å². The van der Waals surface area contributed by atoms with Gasteiger partial charge in [0.25, 0.3) is 0 Å². The Morgan fingerprint density at radius 1 is 1.44 bits per heavy atom. The molecule has 1 aliphatic heterocycles. The summed E-state index contributed by atoms with van der Waals surface area (Å²) in [7, 11) is 0.916. The van der Waals surface area contributed by atoms with Gasteiger partial charge in [0.05, 0.1) is 5.75 Å². The molecular weight excluding hydrogens is 226 g/mol. The van der Waals surface area contributed by atoms with Gasteiger partial charge in [-0.2, -0.15) is 0 Å². The summed E-state index contributed by atoms with van der Waals surface area (Å²) in [6.45, 7) is 1.72. The Kier molecular flexibility index (Phi) is 5.17. The quantitative estimate of drug-likeness (QED) is 0.726. The highest BCUT2D eigenvalue weighted by Crippen LogP contribution is 2.17. The third-order valence-electron chi connectivity index (χ3n) is 3.09. The third-order valence-corrected chi connectivity index (χ3v) is 5.01. The van der Waals surface area contributed by atoms with Crippen LogP contribution >= 0.6 is 0 Å². The largest absolute Gasteiger partial charge is 0.330 e. The molecule has 0 radical (unpaired) electrons. The number of nitrogens with two attached hydrogens (primary N) is 1. The first kappa shape index (κ1) is 13.9. The van der Waals surface area contributed by atoms with E-state index in [1.165, 1.54) is 0 Å². The van der Waals surface area contributed by atoms with Gasteiger partial charge in [-0.1, -0.05) is 0 Å². The predicted molar refractivity (Wildman–Crippen MR) is 65.7 cm³/mol. The van der Waals surface area contributed by atoms with E-state index in [0.717, 1.165) is 12.8 Å². The van der Waals surface area contributed by atoms with Gasteiger partial charge in [-0.3, -0.25) is 0 Å². The molecule has 1 heterocycles. The number of rotatable bonds is 5. The van der Waals surface area contributed by atoms with Gasteiger partial charge in [-0.15, -0.1) is 0 Å². The predicted octanol–water partition coefficient (Wildman–Crippen LogP) is -0.309. The molecule has 1 aliphatic rings. The molecule has 0 saturated carbocycles. The van der Waals surface area contributed by atoms with Gasteiger partial charge in [0.15, 0.2) is 0 Å². The molecule has 1 unspecified atom stereocenters. The number of piperidine rings is 1. The van der Waals surface area contributed by atoms with Crippen LogP contribution in [0.25, 0.3) is 0 Å².